The van der Waals surface area contributed by atoms with E-state index in [2.05, 4.69) is 20.9 Å². The van der Waals surface area contributed by atoms with Gasteiger partial charge < -0.3 is 20.5 Å². The standard InChI is InChI=1S/C26H26ClF4N5O3/c1-32-22(38)21-34-20(19-18(33-17(37)10-36(19)21)15-5-14(28)2-3-16(15)27)35-23(39)24-6-12-4-13(7-24)9-25(8-12,11-24)26(29,30)31/h2-3,5,12-13,18H,4,6-11H2,1H3,(H,32,38)(H,33,37)(H,35,39). The van der Waals surface area contributed by atoms with E-state index in [0.29, 0.717) is 19.3 Å². The summed E-state index contributed by atoms with van der Waals surface area (Å²) >= 11 is 6.35. The maximum atomic E-state index is 14.3. The van der Waals surface area contributed by atoms with Crippen molar-refractivity contribution in [2.45, 2.75) is 57.3 Å². The van der Waals surface area contributed by atoms with Crippen molar-refractivity contribution in [3.63, 3.8) is 0 Å². The summed E-state index contributed by atoms with van der Waals surface area (Å²) in [6.07, 6.45) is -3.26. The van der Waals surface area contributed by atoms with Crippen molar-refractivity contribution in [1.82, 2.24) is 20.2 Å². The van der Waals surface area contributed by atoms with Crippen molar-refractivity contribution in [2.75, 3.05) is 12.4 Å². The number of carbonyl (C=O) groups is 3. The maximum absolute atomic E-state index is 14.3. The van der Waals surface area contributed by atoms with Crippen LogP contribution in [0.1, 0.15) is 66.4 Å². The first-order valence-electron chi connectivity index (χ1n) is 12.8. The highest BCUT2D eigenvalue weighted by molar-refractivity contribution is 6.31. The van der Waals surface area contributed by atoms with E-state index in [4.69, 9.17) is 11.6 Å². The Balaban J connectivity index is 1.43. The van der Waals surface area contributed by atoms with Gasteiger partial charge in [-0.3, -0.25) is 14.4 Å². The molecule has 1 aromatic carbocycles. The Morgan fingerprint density at radius 1 is 1.18 bits per heavy atom. The highest BCUT2D eigenvalue weighted by atomic mass is 35.5. The van der Waals surface area contributed by atoms with Crippen LogP contribution in [0.15, 0.2) is 18.2 Å². The maximum Gasteiger partial charge on any atom is 0.394 e. The van der Waals surface area contributed by atoms with E-state index in [-0.39, 0.29) is 65.6 Å². The SMILES string of the molecule is CNC(=O)c1nc(NC(=O)C23CC4CC(C2)CC(C(F)(F)F)(C4)C3)c2n1CC(=O)NC2c1cc(F)ccc1Cl. The number of fused-ring (bicyclic) bond motifs is 1. The first-order valence-corrected chi connectivity index (χ1v) is 13.2. The molecule has 0 radical (unpaired) electrons. The van der Waals surface area contributed by atoms with Crippen molar-refractivity contribution in [3.05, 3.63) is 46.1 Å². The van der Waals surface area contributed by atoms with Crippen molar-refractivity contribution >= 4 is 35.1 Å². The summed E-state index contributed by atoms with van der Waals surface area (Å²) in [6, 6.07) is 2.52. The molecule has 4 aliphatic carbocycles. The van der Waals surface area contributed by atoms with Crippen molar-refractivity contribution in [1.29, 1.82) is 0 Å². The Kier molecular flexibility index (Phi) is 5.80. The number of nitrogens with one attached hydrogen (secondary N) is 3. The fraction of sp³-hybridized carbons (Fsp3) is 0.538. The van der Waals surface area contributed by atoms with Crippen LogP contribution in [0.5, 0.6) is 0 Å². The molecule has 0 saturated heterocycles. The lowest BCUT2D eigenvalue weighted by Crippen LogP contribution is -2.60. The highest BCUT2D eigenvalue weighted by Gasteiger charge is 2.69. The van der Waals surface area contributed by atoms with Gasteiger partial charge in [-0.2, -0.15) is 13.2 Å². The third kappa shape index (κ3) is 4.01. The molecule has 3 N–H and O–H groups in total. The largest absolute Gasteiger partial charge is 0.394 e. The summed E-state index contributed by atoms with van der Waals surface area (Å²) in [4.78, 5) is 43.5. The molecule has 4 fully saturated rings. The van der Waals surface area contributed by atoms with Crippen LogP contribution in [0.2, 0.25) is 5.02 Å². The highest BCUT2D eigenvalue weighted by Crippen LogP contribution is 2.69. The second kappa shape index (κ2) is 8.67. The van der Waals surface area contributed by atoms with Crippen LogP contribution in [0.4, 0.5) is 23.4 Å². The first-order chi connectivity index (χ1) is 18.3. The Bertz CT molecular complexity index is 1390. The topological polar surface area (TPSA) is 105 Å². The molecule has 1 aliphatic heterocycles. The van der Waals surface area contributed by atoms with E-state index in [1.165, 1.54) is 17.7 Å². The molecule has 4 saturated carbocycles. The summed E-state index contributed by atoms with van der Waals surface area (Å²) in [7, 11) is 1.37. The molecular weight excluding hydrogens is 542 g/mol. The molecule has 7 rings (SSSR count). The molecule has 39 heavy (non-hydrogen) atoms. The van der Waals surface area contributed by atoms with E-state index in [9.17, 15) is 31.9 Å². The number of hydrogen-bond donors (Lipinski definition) is 3. The minimum atomic E-state index is -4.42. The van der Waals surface area contributed by atoms with Crippen LogP contribution in [0.3, 0.4) is 0 Å². The molecule has 0 spiro atoms. The number of amides is 3. The molecule has 5 aliphatic rings. The van der Waals surface area contributed by atoms with Crippen LogP contribution in [-0.4, -0.2) is 40.5 Å². The second-order valence-corrected chi connectivity index (χ2v) is 11.9. The number of aromatic nitrogens is 2. The molecule has 3 amide bonds. The minimum absolute atomic E-state index is 0.0366. The molecule has 2 aromatic rings. The lowest BCUT2D eigenvalue weighted by molar-refractivity contribution is -0.283. The third-order valence-corrected chi connectivity index (χ3v) is 9.31. The van der Waals surface area contributed by atoms with Crippen LogP contribution < -0.4 is 16.0 Å². The van der Waals surface area contributed by atoms with Gasteiger partial charge in [-0.1, -0.05) is 11.6 Å². The number of anilines is 1. The smallest absolute Gasteiger partial charge is 0.352 e. The number of nitrogens with zero attached hydrogens (tertiary/aromatic N) is 2. The summed E-state index contributed by atoms with van der Waals surface area (Å²) < 4.78 is 58.4. The van der Waals surface area contributed by atoms with Gasteiger partial charge in [0.05, 0.1) is 22.6 Å². The van der Waals surface area contributed by atoms with Crippen molar-refractivity contribution < 1.29 is 31.9 Å². The fourth-order valence-electron chi connectivity index (χ4n) is 7.77. The average Bonchev–Trinajstić information content (AvgIpc) is 3.21. The summed E-state index contributed by atoms with van der Waals surface area (Å²) in [5.41, 5.74) is -2.76. The van der Waals surface area contributed by atoms with Gasteiger partial charge in [-0.15, -0.1) is 0 Å². The summed E-state index contributed by atoms with van der Waals surface area (Å²) in [5.74, 6) is -3.00. The number of rotatable bonds is 4. The Hall–Kier alpha value is -3.15. The fourth-order valence-corrected chi connectivity index (χ4v) is 8.00. The molecular formula is C26H26ClF4N5O3. The van der Waals surface area contributed by atoms with Gasteiger partial charge in [0.2, 0.25) is 17.6 Å². The quantitative estimate of drug-likeness (QED) is 0.478. The van der Waals surface area contributed by atoms with E-state index >= 15 is 0 Å². The van der Waals surface area contributed by atoms with Gasteiger partial charge in [0.25, 0.3) is 5.91 Å². The number of halogens is 5. The minimum Gasteiger partial charge on any atom is -0.352 e. The predicted molar refractivity (Wildman–Crippen MR) is 131 cm³/mol. The lowest BCUT2D eigenvalue weighted by Gasteiger charge is -2.61. The number of hydrogen-bond acceptors (Lipinski definition) is 4. The zero-order valence-electron chi connectivity index (χ0n) is 20.9. The van der Waals surface area contributed by atoms with Gasteiger partial charge in [0.1, 0.15) is 12.4 Å². The lowest BCUT2D eigenvalue weighted by atomic mass is 9.43. The molecule has 13 heteroatoms. The Morgan fingerprint density at radius 3 is 2.51 bits per heavy atom. The Morgan fingerprint density at radius 2 is 1.87 bits per heavy atom. The summed E-state index contributed by atoms with van der Waals surface area (Å²) in [5, 5.41) is 8.03. The van der Waals surface area contributed by atoms with Crippen LogP contribution in [0, 0.1) is 28.5 Å². The van der Waals surface area contributed by atoms with Gasteiger partial charge in [0, 0.05) is 17.6 Å². The van der Waals surface area contributed by atoms with Gasteiger partial charge in [-0.05, 0) is 68.6 Å². The molecule has 8 nitrogen and oxygen atoms in total. The van der Waals surface area contributed by atoms with E-state index in [1.54, 1.807) is 0 Å². The van der Waals surface area contributed by atoms with E-state index in [1.807, 2.05) is 0 Å². The average molecular weight is 568 g/mol. The molecule has 4 bridgehead atoms. The van der Waals surface area contributed by atoms with E-state index < -0.39 is 46.6 Å². The normalized spacial score (nSPS) is 31.0. The van der Waals surface area contributed by atoms with Gasteiger partial charge in [0.15, 0.2) is 5.82 Å². The Labute approximate surface area is 225 Å². The van der Waals surface area contributed by atoms with Crippen LogP contribution in [-0.2, 0) is 16.1 Å². The third-order valence-electron chi connectivity index (χ3n) is 8.96. The van der Waals surface area contributed by atoms with Crippen LogP contribution in [0.25, 0.3) is 0 Å². The summed E-state index contributed by atoms with van der Waals surface area (Å²) in [6.45, 7) is -0.309. The van der Waals surface area contributed by atoms with Crippen LogP contribution >= 0.6 is 11.6 Å². The molecule has 1 aromatic heterocycles. The predicted octanol–water partition coefficient (Wildman–Crippen LogP) is 4.34. The number of alkyl halides is 3. The molecule has 2 heterocycles. The monoisotopic (exact) mass is 567 g/mol. The number of carbonyl (C=O) groups excluding carboxylic acids is 3. The second-order valence-electron chi connectivity index (χ2n) is 11.5. The van der Waals surface area contributed by atoms with Crippen molar-refractivity contribution in [2.24, 2.45) is 22.7 Å². The van der Waals surface area contributed by atoms with Crippen molar-refractivity contribution in [3.8, 4) is 0 Å². The van der Waals surface area contributed by atoms with E-state index in [0.717, 1.165) is 12.1 Å². The zero-order valence-corrected chi connectivity index (χ0v) is 21.7. The van der Waals surface area contributed by atoms with Gasteiger partial charge in [-0.25, -0.2) is 9.37 Å². The molecule has 208 valence electrons. The number of benzene rings is 1. The first kappa shape index (κ1) is 26.1. The number of imidazole rings is 1. The molecule has 3 unspecified atom stereocenters. The zero-order chi connectivity index (χ0) is 27.9. The van der Waals surface area contributed by atoms with Gasteiger partial charge >= 0.3 is 6.18 Å². The molecule has 3 atom stereocenters.